The van der Waals surface area contributed by atoms with Gasteiger partial charge in [0.1, 0.15) is 29.5 Å². The quantitative estimate of drug-likeness (QED) is 0.501. The molecule has 2 heterocycles. The summed E-state index contributed by atoms with van der Waals surface area (Å²) in [6.45, 7) is 0.249. The molecule has 0 spiro atoms. The number of anilines is 1. The van der Waals surface area contributed by atoms with Gasteiger partial charge in [-0.2, -0.15) is 0 Å². The Hall–Kier alpha value is -4.00. The summed E-state index contributed by atoms with van der Waals surface area (Å²) >= 11 is 0. The number of ether oxygens (including phenoxy) is 3. The molecule has 0 aliphatic heterocycles. The lowest BCUT2D eigenvalue weighted by molar-refractivity contribution is 0.102. The summed E-state index contributed by atoms with van der Waals surface area (Å²) in [5, 5.41) is 2.87. The number of rotatable bonds is 7. The van der Waals surface area contributed by atoms with Crippen LogP contribution in [0.25, 0.3) is 5.65 Å². The number of nitrogens with one attached hydrogen (secondary N) is 1. The van der Waals surface area contributed by atoms with Gasteiger partial charge in [0.25, 0.3) is 5.91 Å². The van der Waals surface area contributed by atoms with E-state index in [1.165, 1.54) is 0 Å². The van der Waals surface area contributed by atoms with Gasteiger partial charge in [-0.05, 0) is 24.3 Å². The molecule has 4 aromatic rings. The molecule has 0 aliphatic carbocycles. The van der Waals surface area contributed by atoms with Crippen LogP contribution in [0.4, 0.5) is 5.69 Å². The van der Waals surface area contributed by atoms with Crippen molar-refractivity contribution in [2.75, 3.05) is 19.5 Å². The monoisotopic (exact) mass is 403 g/mol. The highest BCUT2D eigenvalue weighted by molar-refractivity contribution is 6.06. The molecule has 0 saturated heterocycles. The number of fused-ring (bicyclic) bond motifs is 1. The summed E-state index contributed by atoms with van der Waals surface area (Å²) in [5.74, 6) is 1.35. The summed E-state index contributed by atoms with van der Waals surface area (Å²) in [6, 6.07) is 18.1. The molecule has 4 rings (SSSR count). The van der Waals surface area contributed by atoms with Crippen LogP contribution in [0.1, 0.15) is 16.1 Å². The smallest absolute Gasteiger partial charge is 0.259 e. The van der Waals surface area contributed by atoms with Gasteiger partial charge in [0, 0.05) is 36.3 Å². The predicted molar refractivity (Wildman–Crippen MR) is 113 cm³/mol. The molecule has 1 amide bonds. The van der Waals surface area contributed by atoms with Gasteiger partial charge in [0.15, 0.2) is 0 Å². The molecule has 0 unspecified atom stereocenters. The number of aromatic nitrogens is 2. The van der Waals surface area contributed by atoms with Crippen LogP contribution >= 0.6 is 0 Å². The molecule has 0 atom stereocenters. The third-order valence-corrected chi connectivity index (χ3v) is 4.53. The van der Waals surface area contributed by atoms with Gasteiger partial charge in [-0.3, -0.25) is 4.79 Å². The summed E-state index contributed by atoms with van der Waals surface area (Å²) in [6.07, 6.45) is 3.83. The zero-order valence-electron chi connectivity index (χ0n) is 16.7. The van der Waals surface area contributed by atoms with Crippen molar-refractivity contribution in [2.24, 2.45) is 0 Å². The average Bonchev–Trinajstić information content (AvgIpc) is 3.20. The Labute approximate surface area is 173 Å². The second kappa shape index (κ2) is 8.57. The number of pyridine rings is 1. The molecule has 0 saturated carbocycles. The predicted octanol–water partition coefficient (Wildman–Crippen LogP) is 4.18. The lowest BCUT2D eigenvalue weighted by Crippen LogP contribution is -2.14. The topological polar surface area (TPSA) is 74.1 Å². The summed E-state index contributed by atoms with van der Waals surface area (Å²) in [4.78, 5) is 17.4. The molecule has 152 valence electrons. The van der Waals surface area contributed by atoms with E-state index >= 15 is 0 Å². The minimum atomic E-state index is -0.295. The highest BCUT2D eigenvalue weighted by atomic mass is 16.5. The molecular formula is C23H21N3O4. The minimum absolute atomic E-state index is 0.249. The Bertz CT molecular complexity index is 1130. The van der Waals surface area contributed by atoms with Crippen LogP contribution in [-0.4, -0.2) is 29.5 Å². The van der Waals surface area contributed by atoms with E-state index in [-0.39, 0.29) is 12.5 Å². The molecule has 30 heavy (non-hydrogen) atoms. The Morgan fingerprint density at radius 1 is 1.00 bits per heavy atom. The molecule has 2 aromatic carbocycles. The zero-order valence-corrected chi connectivity index (χ0v) is 16.7. The molecular weight excluding hydrogens is 382 g/mol. The van der Waals surface area contributed by atoms with Gasteiger partial charge in [0.2, 0.25) is 0 Å². The third-order valence-electron chi connectivity index (χ3n) is 4.53. The Morgan fingerprint density at radius 3 is 2.47 bits per heavy atom. The van der Waals surface area contributed by atoms with E-state index in [1.54, 1.807) is 50.6 Å². The summed E-state index contributed by atoms with van der Waals surface area (Å²) in [7, 11) is 3.12. The minimum Gasteiger partial charge on any atom is -0.497 e. The number of hydrogen-bond acceptors (Lipinski definition) is 5. The Kier molecular flexibility index (Phi) is 5.52. The van der Waals surface area contributed by atoms with Crippen molar-refractivity contribution >= 4 is 17.2 Å². The first-order chi connectivity index (χ1) is 14.7. The number of imidazole rings is 1. The number of benzene rings is 2. The van der Waals surface area contributed by atoms with Crippen LogP contribution in [0.5, 0.6) is 17.2 Å². The van der Waals surface area contributed by atoms with Gasteiger partial charge in [0.05, 0.1) is 25.5 Å². The maximum atomic E-state index is 12.9. The molecule has 7 nitrogen and oxygen atoms in total. The molecule has 0 fully saturated rings. The number of carbonyl (C=O) groups is 1. The maximum absolute atomic E-state index is 12.9. The third kappa shape index (κ3) is 4.20. The fraction of sp³-hybridized carbons (Fsp3) is 0.130. The SMILES string of the molecule is COc1cc(NC(=O)c2ccccc2OCc2cn3ccccc3n2)cc(OC)c1. The van der Waals surface area contributed by atoms with E-state index in [4.69, 9.17) is 14.2 Å². The van der Waals surface area contributed by atoms with Crippen LogP contribution in [0.2, 0.25) is 0 Å². The van der Waals surface area contributed by atoms with Crippen LogP contribution in [0.3, 0.4) is 0 Å². The van der Waals surface area contributed by atoms with Crippen molar-refractivity contribution < 1.29 is 19.0 Å². The average molecular weight is 403 g/mol. The van der Waals surface area contributed by atoms with E-state index in [2.05, 4.69) is 10.3 Å². The lowest BCUT2D eigenvalue weighted by Gasteiger charge is -2.12. The summed E-state index contributed by atoms with van der Waals surface area (Å²) in [5.41, 5.74) is 2.59. The first-order valence-corrected chi connectivity index (χ1v) is 9.35. The van der Waals surface area contributed by atoms with Gasteiger partial charge in [-0.15, -0.1) is 0 Å². The first kappa shape index (κ1) is 19.3. The molecule has 0 bridgehead atoms. The maximum Gasteiger partial charge on any atom is 0.259 e. The van der Waals surface area contributed by atoms with E-state index in [0.29, 0.717) is 28.5 Å². The number of methoxy groups -OCH3 is 2. The van der Waals surface area contributed by atoms with Crippen molar-refractivity contribution in [3.63, 3.8) is 0 Å². The van der Waals surface area contributed by atoms with Crippen molar-refractivity contribution in [3.05, 3.63) is 84.3 Å². The van der Waals surface area contributed by atoms with E-state index < -0.39 is 0 Å². The van der Waals surface area contributed by atoms with Gasteiger partial charge >= 0.3 is 0 Å². The largest absolute Gasteiger partial charge is 0.497 e. The zero-order chi connectivity index (χ0) is 20.9. The lowest BCUT2D eigenvalue weighted by atomic mass is 10.1. The molecule has 0 radical (unpaired) electrons. The molecule has 2 aromatic heterocycles. The normalized spacial score (nSPS) is 10.6. The van der Waals surface area contributed by atoms with Gasteiger partial charge in [-0.25, -0.2) is 4.98 Å². The van der Waals surface area contributed by atoms with Crippen molar-refractivity contribution in [1.82, 2.24) is 9.38 Å². The second-order valence-electron chi connectivity index (χ2n) is 6.54. The molecule has 1 N–H and O–H groups in total. The molecule has 0 aliphatic rings. The summed E-state index contributed by atoms with van der Waals surface area (Å²) < 4.78 is 18.4. The number of nitrogens with zero attached hydrogens (tertiary/aromatic N) is 2. The van der Waals surface area contributed by atoms with Crippen molar-refractivity contribution in [1.29, 1.82) is 0 Å². The Balaban J connectivity index is 1.51. The van der Waals surface area contributed by atoms with Crippen LogP contribution < -0.4 is 19.5 Å². The van der Waals surface area contributed by atoms with Crippen LogP contribution in [0, 0.1) is 0 Å². The van der Waals surface area contributed by atoms with Crippen molar-refractivity contribution in [3.8, 4) is 17.2 Å². The van der Waals surface area contributed by atoms with E-state index in [1.807, 2.05) is 41.1 Å². The second-order valence-corrected chi connectivity index (χ2v) is 6.54. The standard InChI is InChI=1S/C23H21N3O4/c1-28-18-11-16(12-19(13-18)29-2)25-23(27)20-7-3-4-8-21(20)30-15-17-14-26-10-6-5-9-22(26)24-17/h3-14H,15H2,1-2H3,(H,25,27). The van der Waals surface area contributed by atoms with E-state index in [0.717, 1.165) is 11.3 Å². The van der Waals surface area contributed by atoms with Crippen molar-refractivity contribution in [2.45, 2.75) is 6.61 Å². The number of carbonyl (C=O) groups excluding carboxylic acids is 1. The van der Waals surface area contributed by atoms with Crippen LogP contribution in [0.15, 0.2) is 73.1 Å². The number of para-hydroxylation sites is 1. The number of hydrogen-bond donors (Lipinski definition) is 1. The van der Waals surface area contributed by atoms with E-state index in [9.17, 15) is 4.79 Å². The van der Waals surface area contributed by atoms with Gasteiger partial charge in [-0.1, -0.05) is 18.2 Å². The highest BCUT2D eigenvalue weighted by Gasteiger charge is 2.14. The van der Waals surface area contributed by atoms with Gasteiger partial charge < -0.3 is 23.9 Å². The fourth-order valence-electron chi connectivity index (χ4n) is 3.07. The van der Waals surface area contributed by atoms with Crippen LogP contribution in [-0.2, 0) is 6.61 Å². The number of amides is 1. The fourth-order valence-corrected chi connectivity index (χ4v) is 3.07. The Morgan fingerprint density at radius 2 is 1.73 bits per heavy atom. The molecule has 7 heteroatoms. The first-order valence-electron chi connectivity index (χ1n) is 9.35. The highest BCUT2D eigenvalue weighted by Crippen LogP contribution is 2.27.